The summed E-state index contributed by atoms with van der Waals surface area (Å²) in [6, 6.07) is 12.8. The van der Waals surface area contributed by atoms with Gasteiger partial charge >= 0.3 is 0 Å². The number of anilines is 1. The minimum Gasteiger partial charge on any atom is -0.497 e. The van der Waals surface area contributed by atoms with E-state index in [1.807, 2.05) is 18.2 Å². The number of methoxy groups -OCH3 is 2. The molecule has 0 fully saturated rings. The second kappa shape index (κ2) is 6.87. The Morgan fingerprint density at radius 3 is 2.62 bits per heavy atom. The number of hydrogen-bond donors (Lipinski definition) is 1. The summed E-state index contributed by atoms with van der Waals surface area (Å²) < 4.78 is 10.5. The molecule has 0 radical (unpaired) electrons. The lowest BCUT2D eigenvalue weighted by Gasteiger charge is -2.13. The van der Waals surface area contributed by atoms with Crippen LogP contribution in [-0.2, 0) is 6.54 Å². The van der Waals surface area contributed by atoms with E-state index in [4.69, 9.17) is 26.3 Å². The molecule has 0 spiro atoms. The predicted octanol–water partition coefficient (Wildman–Crippen LogP) is 3.84. The summed E-state index contributed by atoms with van der Waals surface area (Å²) in [5.41, 5.74) is 2.16. The Hall–Kier alpha value is -2.38. The van der Waals surface area contributed by atoms with Crippen LogP contribution in [0.3, 0.4) is 0 Å². The minimum atomic E-state index is 0.495. The van der Waals surface area contributed by atoms with Gasteiger partial charge in [-0.15, -0.1) is 0 Å². The number of nitriles is 1. The molecule has 0 heterocycles. The number of nitrogens with one attached hydrogen (secondary N) is 1. The van der Waals surface area contributed by atoms with Crippen LogP contribution in [0.1, 0.15) is 11.1 Å². The van der Waals surface area contributed by atoms with E-state index < -0.39 is 0 Å². The molecular formula is C16H15ClN2O2. The topological polar surface area (TPSA) is 54.3 Å². The molecule has 0 aliphatic carbocycles. The molecule has 0 aromatic heterocycles. The van der Waals surface area contributed by atoms with Gasteiger partial charge in [0.05, 0.1) is 25.5 Å². The molecule has 108 valence electrons. The Balaban J connectivity index is 2.24. The largest absolute Gasteiger partial charge is 0.497 e. The molecule has 0 aliphatic rings. The van der Waals surface area contributed by atoms with Gasteiger partial charge in [0.1, 0.15) is 17.6 Å². The molecule has 4 nitrogen and oxygen atoms in total. The average Bonchev–Trinajstić information content (AvgIpc) is 2.52. The Morgan fingerprint density at radius 2 is 1.95 bits per heavy atom. The lowest BCUT2D eigenvalue weighted by molar-refractivity contribution is 0.399. The fourth-order valence-electron chi connectivity index (χ4n) is 1.97. The normalized spacial score (nSPS) is 9.81. The van der Waals surface area contributed by atoms with Gasteiger partial charge in [-0.05, 0) is 36.4 Å². The quantitative estimate of drug-likeness (QED) is 0.911. The van der Waals surface area contributed by atoms with Crippen molar-refractivity contribution in [1.82, 2.24) is 0 Å². The number of ether oxygens (including phenoxy) is 2. The first-order valence-electron chi connectivity index (χ1n) is 6.32. The number of hydrogen-bond acceptors (Lipinski definition) is 4. The van der Waals surface area contributed by atoms with Crippen molar-refractivity contribution in [1.29, 1.82) is 5.26 Å². The summed E-state index contributed by atoms with van der Waals surface area (Å²) in [6.07, 6.45) is 0. The van der Waals surface area contributed by atoms with Crippen molar-refractivity contribution in [2.75, 3.05) is 19.5 Å². The third kappa shape index (κ3) is 3.59. The van der Waals surface area contributed by atoms with E-state index in [2.05, 4.69) is 11.4 Å². The molecule has 21 heavy (non-hydrogen) atoms. The Bertz CT molecular complexity index is 680. The number of benzene rings is 2. The molecule has 0 saturated carbocycles. The van der Waals surface area contributed by atoms with Gasteiger partial charge in [-0.25, -0.2) is 0 Å². The number of rotatable bonds is 5. The van der Waals surface area contributed by atoms with Crippen molar-refractivity contribution in [3.05, 3.63) is 52.5 Å². The van der Waals surface area contributed by atoms with Crippen molar-refractivity contribution in [2.24, 2.45) is 0 Å². The van der Waals surface area contributed by atoms with Gasteiger partial charge in [-0.1, -0.05) is 11.6 Å². The highest BCUT2D eigenvalue weighted by Gasteiger charge is 2.07. The monoisotopic (exact) mass is 302 g/mol. The summed E-state index contributed by atoms with van der Waals surface area (Å²) in [5.74, 6) is 1.50. The van der Waals surface area contributed by atoms with E-state index >= 15 is 0 Å². The molecule has 0 aliphatic heterocycles. The predicted molar refractivity (Wildman–Crippen MR) is 83.0 cm³/mol. The summed E-state index contributed by atoms with van der Waals surface area (Å²) in [5, 5.41) is 12.9. The van der Waals surface area contributed by atoms with Crippen molar-refractivity contribution in [3.8, 4) is 17.6 Å². The van der Waals surface area contributed by atoms with Gasteiger partial charge in [0, 0.05) is 17.1 Å². The van der Waals surface area contributed by atoms with Gasteiger partial charge in [0.15, 0.2) is 0 Å². The first-order valence-corrected chi connectivity index (χ1v) is 6.70. The zero-order valence-corrected chi connectivity index (χ0v) is 12.6. The van der Waals surface area contributed by atoms with Crippen LogP contribution in [0.4, 0.5) is 5.69 Å². The zero-order valence-electron chi connectivity index (χ0n) is 11.8. The van der Waals surface area contributed by atoms with Gasteiger partial charge in [-0.3, -0.25) is 0 Å². The minimum absolute atomic E-state index is 0.495. The van der Waals surface area contributed by atoms with E-state index in [0.717, 1.165) is 17.1 Å². The van der Waals surface area contributed by atoms with Crippen LogP contribution in [0.25, 0.3) is 0 Å². The summed E-state index contributed by atoms with van der Waals surface area (Å²) >= 11 is 5.97. The van der Waals surface area contributed by atoms with E-state index in [0.29, 0.717) is 22.8 Å². The second-order valence-electron chi connectivity index (χ2n) is 4.33. The van der Waals surface area contributed by atoms with Crippen molar-refractivity contribution < 1.29 is 9.47 Å². The fourth-order valence-corrected chi connectivity index (χ4v) is 2.14. The highest BCUT2D eigenvalue weighted by molar-refractivity contribution is 6.30. The maximum atomic E-state index is 9.11. The van der Waals surface area contributed by atoms with Gasteiger partial charge < -0.3 is 14.8 Å². The summed E-state index contributed by atoms with van der Waals surface area (Å²) in [7, 11) is 3.23. The maximum Gasteiger partial charge on any atom is 0.124 e. The van der Waals surface area contributed by atoms with Crippen LogP contribution in [-0.4, -0.2) is 14.2 Å². The lowest BCUT2D eigenvalue weighted by atomic mass is 10.1. The smallest absolute Gasteiger partial charge is 0.124 e. The van der Waals surface area contributed by atoms with Gasteiger partial charge in [0.25, 0.3) is 0 Å². The third-order valence-corrected chi connectivity index (χ3v) is 3.29. The van der Waals surface area contributed by atoms with Crippen molar-refractivity contribution in [2.45, 2.75) is 6.54 Å². The summed E-state index contributed by atoms with van der Waals surface area (Å²) in [4.78, 5) is 0. The van der Waals surface area contributed by atoms with Crippen molar-refractivity contribution in [3.63, 3.8) is 0 Å². The van der Waals surface area contributed by atoms with Crippen LogP contribution < -0.4 is 14.8 Å². The Kier molecular flexibility index (Phi) is 4.91. The van der Waals surface area contributed by atoms with Crippen LogP contribution in [0.15, 0.2) is 36.4 Å². The molecule has 0 bridgehead atoms. The lowest BCUT2D eigenvalue weighted by Crippen LogP contribution is -2.03. The van der Waals surface area contributed by atoms with E-state index in [-0.39, 0.29) is 0 Å². The zero-order chi connectivity index (χ0) is 15.2. The molecule has 0 unspecified atom stereocenters. The molecule has 2 aromatic rings. The average molecular weight is 303 g/mol. The van der Waals surface area contributed by atoms with Crippen molar-refractivity contribution >= 4 is 17.3 Å². The van der Waals surface area contributed by atoms with Gasteiger partial charge in [0.2, 0.25) is 0 Å². The molecular weight excluding hydrogens is 288 g/mol. The fraction of sp³-hybridized carbons (Fsp3) is 0.188. The Morgan fingerprint density at radius 1 is 1.14 bits per heavy atom. The van der Waals surface area contributed by atoms with Gasteiger partial charge in [-0.2, -0.15) is 5.26 Å². The van der Waals surface area contributed by atoms with E-state index in [9.17, 15) is 0 Å². The van der Waals surface area contributed by atoms with Crippen LogP contribution in [0, 0.1) is 11.3 Å². The SMILES string of the molecule is COc1ccc(OC)c(CNc2cc(Cl)ccc2C#N)c1. The molecule has 5 heteroatoms. The molecule has 0 saturated heterocycles. The van der Waals surface area contributed by atoms with Crippen LogP contribution >= 0.6 is 11.6 Å². The second-order valence-corrected chi connectivity index (χ2v) is 4.77. The molecule has 2 rings (SSSR count). The molecule has 1 N–H and O–H groups in total. The van der Waals surface area contributed by atoms with E-state index in [1.54, 1.807) is 32.4 Å². The third-order valence-electron chi connectivity index (χ3n) is 3.06. The molecule has 0 amide bonds. The van der Waals surface area contributed by atoms with E-state index in [1.165, 1.54) is 0 Å². The number of nitrogens with zero attached hydrogens (tertiary/aromatic N) is 1. The highest BCUT2D eigenvalue weighted by atomic mass is 35.5. The standard InChI is InChI=1S/C16H15ClN2O2/c1-20-14-5-6-16(21-2)12(7-14)10-19-15-8-13(17)4-3-11(15)9-18/h3-8,19H,10H2,1-2H3. The first kappa shape index (κ1) is 15.0. The maximum absolute atomic E-state index is 9.11. The highest BCUT2D eigenvalue weighted by Crippen LogP contribution is 2.26. The van der Waals surface area contributed by atoms with Crippen LogP contribution in [0.2, 0.25) is 5.02 Å². The van der Waals surface area contributed by atoms with Crippen LogP contribution in [0.5, 0.6) is 11.5 Å². The molecule has 2 aromatic carbocycles. The summed E-state index contributed by atoms with van der Waals surface area (Å²) in [6.45, 7) is 0.495. The number of halogens is 1. The first-order chi connectivity index (χ1) is 10.2. The Labute approximate surface area is 128 Å². The molecule has 0 atom stereocenters.